The van der Waals surface area contributed by atoms with E-state index in [4.69, 9.17) is 0 Å². The number of thiophene rings is 1. The smallest absolute Gasteiger partial charge is 0.124 e. The zero-order valence-electron chi connectivity index (χ0n) is 8.57. The van der Waals surface area contributed by atoms with Crippen molar-refractivity contribution in [2.75, 3.05) is 6.54 Å². The third-order valence-electron chi connectivity index (χ3n) is 1.94. The van der Waals surface area contributed by atoms with Crippen LogP contribution in [-0.4, -0.2) is 11.5 Å². The summed E-state index contributed by atoms with van der Waals surface area (Å²) in [6.07, 6.45) is 1.93. The molecule has 2 heterocycles. The molecule has 0 radical (unpaired) electrons. The lowest BCUT2D eigenvalue weighted by Crippen LogP contribution is -2.13. The molecule has 84 valence electrons. The van der Waals surface area contributed by atoms with Crippen LogP contribution >= 0.6 is 38.6 Å². The lowest BCUT2D eigenvalue weighted by atomic mass is 10.4. The van der Waals surface area contributed by atoms with E-state index in [0.29, 0.717) is 0 Å². The molecule has 0 unspecified atom stereocenters. The van der Waals surface area contributed by atoms with E-state index in [1.807, 2.05) is 6.20 Å². The summed E-state index contributed by atoms with van der Waals surface area (Å²) < 4.78 is 0.968. The first kappa shape index (κ1) is 12.0. The minimum Gasteiger partial charge on any atom is -0.307 e. The van der Waals surface area contributed by atoms with Crippen molar-refractivity contribution in [3.63, 3.8) is 0 Å². The van der Waals surface area contributed by atoms with E-state index in [9.17, 15) is 0 Å². The Bertz CT molecular complexity index is 462. The summed E-state index contributed by atoms with van der Waals surface area (Å²) in [4.78, 5) is 5.65. The second kappa shape index (κ2) is 5.72. The molecule has 2 rings (SSSR count). The molecule has 0 aliphatic rings. The van der Waals surface area contributed by atoms with Gasteiger partial charge in [-0.25, -0.2) is 4.98 Å². The Labute approximate surface area is 111 Å². The zero-order chi connectivity index (χ0) is 11.4. The van der Waals surface area contributed by atoms with Gasteiger partial charge in [-0.15, -0.1) is 11.3 Å². The molecule has 2 nitrogen and oxygen atoms in total. The minimum absolute atomic E-state index is 0.783. The first-order chi connectivity index (χ1) is 7.75. The minimum atomic E-state index is 0.783. The van der Waals surface area contributed by atoms with Crippen molar-refractivity contribution in [2.45, 2.75) is 6.54 Å². The predicted octanol–water partition coefficient (Wildman–Crippen LogP) is 3.87. The van der Waals surface area contributed by atoms with Gasteiger partial charge in [0.25, 0.3) is 0 Å². The quantitative estimate of drug-likeness (QED) is 0.906. The van der Waals surface area contributed by atoms with Crippen LogP contribution in [-0.2, 0) is 6.54 Å². The van der Waals surface area contributed by atoms with Gasteiger partial charge in [0.05, 0.1) is 0 Å². The van der Waals surface area contributed by atoms with Gasteiger partial charge in [-0.3, -0.25) is 0 Å². The van der Waals surface area contributed by atoms with Gasteiger partial charge in [-0.1, -0.05) is 22.5 Å². The molecule has 0 atom stereocenters. The Morgan fingerprint density at radius 1 is 1.56 bits per heavy atom. The molecule has 0 saturated heterocycles. The number of nitrogens with one attached hydrogen (secondary N) is 1. The number of rotatable bonds is 5. The van der Waals surface area contributed by atoms with Gasteiger partial charge < -0.3 is 5.32 Å². The molecule has 2 aromatic heterocycles. The van der Waals surface area contributed by atoms with Crippen molar-refractivity contribution in [3.05, 3.63) is 39.0 Å². The van der Waals surface area contributed by atoms with Crippen molar-refractivity contribution < 1.29 is 0 Å². The van der Waals surface area contributed by atoms with Crippen LogP contribution in [0.1, 0.15) is 4.88 Å². The molecule has 0 amide bonds. The van der Waals surface area contributed by atoms with Crippen LogP contribution in [0.2, 0.25) is 0 Å². The largest absolute Gasteiger partial charge is 0.307 e. The Morgan fingerprint density at radius 3 is 3.12 bits per heavy atom. The van der Waals surface area contributed by atoms with Gasteiger partial charge in [0.1, 0.15) is 5.01 Å². The average Bonchev–Trinajstić information content (AvgIpc) is 2.85. The van der Waals surface area contributed by atoms with Crippen LogP contribution in [0, 0.1) is 0 Å². The summed E-state index contributed by atoms with van der Waals surface area (Å²) in [6, 6.07) is 2.10. The molecule has 16 heavy (non-hydrogen) atoms. The van der Waals surface area contributed by atoms with Crippen LogP contribution in [0.5, 0.6) is 0 Å². The topological polar surface area (TPSA) is 24.9 Å². The molecule has 0 bridgehead atoms. The highest BCUT2D eigenvalue weighted by Crippen LogP contribution is 2.26. The Hall–Kier alpha value is -0.490. The van der Waals surface area contributed by atoms with Gasteiger partial charge >= 0.3 is 0 Å². The van der Waals surface area contributed by atoms with Gasteiger partial charge in [-0.2, -0.15) is 11.3 Å². The summed E-state index contributed by atoms with van der Waals surface area (Å²) in [6.45, 7) is 5.40. The number of hydrogen-bond acceptors (Lipinski definition) is 4. The maximum absolute atomic E-state index is 4.41. The SMILES string of the molecule is C=C(Br)CNCc1cnc(-c2ccsc2)s1. The van der Waals surface area contributed by atoms with E-state index in [1.165, 1.54) is 10.4 Å². The molecule has 0 spiro atoms. The lowest BCUT2D eigenvalue weighted by Gasteiger charge is -1.99. The van der Waals surface area contributed by atoms with Gasteiger partial charge in [0, 0.05) is 39.6 Å². The van der Waals surface area contributed by atoms with Crippen LogP contribution in [0.4, 0.5) is 0 Å². The van der Waals surface area contributed by atoms with E-state index < -0.39 is 0 Å². The fraction of sp³-hybridized carbons (Fsp3) is 0.182. The second-order valence-corrected chi connectivity index (χ2v) is 6.28. The van der Waals surface area contributed by atoms with E-state index in [0.717, 1.165) is 22.6 Å². The van der Waals surface area contributed by atoms with Crippen LogP contribution in [0.15, 0.2) is 34.1 Å². The summed E-state index contributed by atoms with van der Waals surface area (Å²) >= 11 is 6.75. The maximum atomic E-state index is 4.41. The van der Waals surface area contributed by atoms with Crippen LogP contribution in [0.3, 0.4) is 0 Å². The highest BCUT2D eigenvalue weighted by Gasteiger charge is 2.04. The van der Waals surface area contributed by atoms with Gasteiger partial charge in [0.2, 0.25) is 0 Å². The Kier molecular flexibility index (Phi) is 4.29. The molecule has 5 heteroatoms. The Balaban J connectivity index is 1.95. The molecular weight excluding hydrogens is 304 g/mol. The molecule has 0 aromatic carbocycles. The molecule has 0 aliphatic carbocycles. The molecule has 0 aliphatic heterocycles. The highest BCUT2D eigenvalue weighted by molar-refractivity contribution is 9.11. The number of nitrogens with zero attached hydrogens (tertiary/aromatic N) is 1. The van der Waals surface area contributed by atoms with E-state index in [1.54, 1.807) is 22.7 Å². The van der Waals surface area contributed by atoms with Gasteiger partial charge in [-0.05, 0) is 11.4 Å². The summed E-state index contributed by atoms with van der Waals surface area (Å²) in [7, 11) is 0. The van der Waals surface area contributed by atoms with Crippen molar-refractivity contribution in [1.82, 2.24) is 10.3 Å². The molecule has 1 N–H and O–H groups in total. The fourth-order valence-corrected chi connectivity index (χ4v) is 3.02. The number of hydrogen-bond donors (Lipinski definition) is 1. The van der Waals surface area contributed by atoms with Gasteiger partial charge in [0.15, 0.2) is 0 Å². The summed E-state index contributed by atoms with van der Waals surface area (Å²) in [5, 5.41) is 8.57. The average molecular weight is 315 g/mol. The van der Waals surface area contributed by atoms with Crippen molar-refractivity contribution in [1.29, 1.82) is 0 Å². The monoisotopic (exact) mass is 314 g/mol. The normalized spacial score (nSPS) is 10.6. The standard InChI is InChI=1S/C11H11BrN2S2/c1-8(12)4-13-5-10-6-14-11(16-10)9-2-3-15-7-9/h2-3,6-7,13H,1,4-5H2. The Morgan fingerprint density at radius 2 is 2.44 bits per heavy atom. The predicted molar refractivity (Wildman–Crippen MR) is 75.2 cm³/mol. The fourth-order valence-electron chi connectivity index (χ4n) is 1.23. The number of halogens is 1. The van der Waals surface area contributed by atoms with Crippen LogP contribution in [0.25, 0.3) is 10.6 Å². The summed E-state index contributed by atoms with van der Waals surface area (Å²) in [5.41, 5.74) is 1.21. The number of thiazole rings is 1. The molecule has 0 saturated carbocycles. The van der Waals surface area contributed by atoms with E-state index >= 15 is 0 Å². The van der Waals surface area contributed by atoms with Crippen molar-refractivity contribution >= 4 is 38.6 Å². The van der Waals surface area contributed by atoms with E-state index in [2.05, 4.69) is 49.6 Å². The van der Waals surface area contributed by atoms with Crippen molar-refractivity contribution in [3.8, 4) is 10.6 Å². The highest BCUT2D eigenvalue weighted by atomic mass is 79.9. The van der Waals surface area contributed by atoms with E-state index in [-0.39, 0.29) is 0 Å². The molecular formula is C11H11BrN2S2. The summed E-state index contributed by atoms with van der Waals surface area (Å²) in [5.74, 6) is 0. The molecule has 2 aromatic rings. The maximum Gasteiger partial charge on any atom is 0.124 e. The third-order valence-corrected chi connectivity index (χ3v) is 3.95. The zero-order valence-corrected chi connectivity index (χ0v) is 11.8. The first-order valence-corrected chi connectivity index (χ1v) is 7.32. The molecule has 0 fully saturated rings. The first-order valence-electron chi connectivity index (χ1n) is 4.77. The lowest BCUT2D eigenvalue weighted by molar-refractivity contribution is 0.766. The third kappa shape index (κ3) is 3.25. The second-order valence-electron chi connectivity index (χ2n) is 3.26. The number of aromatic nitrogens is 1. The van der Waals surface area contributed by atoms with Crippen molar-refractivity contribution in [2.24, 2.45) is 0 Å². The van der Waals surface area contributed by atoms with Crippen LogP contribution < -0.4 is 5.32 Å².